The average molecular weight is 236 g/mol. The lowest BCUT2D eigenvalue weighted by atomic mass is 10.1. The Balaban J connectivity index is 1.62. The summed E-state index contributed by atoms with van der Waals surface area (Å²) in [6.45, 7) is 5.26. The molecular formula is C12H20N4O. The number of rotatable bonds is 5. The van der Waals surface area contributed by atoms with Crippen molar-refractivity contribution < 1.29 is 0 Å². The van der Waals surface area contributed by atoms with E-state index in [9.17, 15) is 4.79 Å². The van der Waals surface area contributed by atoms with E-state index in [0.717, 1.165) is 18.8 Å². The number of aromatic amines is 1. The third-order valence-corrected chi connectivity index (χ3v) is 3.10. The molecule has 0 radical (unpaired) electrons. The number of aromatic nitrogens is 2. The molecule has 1 fully saturated rings. The zero-order valence-electron chi connectivity index (χ0n) is 10.1. The van der Waals surface area contributed by atoms with Crippen LogP contribution in [0.1, 0.15) is 25.0 Å². The molecule has 0 spiro atoms. The van der Waals surface area contributed by atoms with E-state index in [4.69, 9.17) is 0 Å². The first-order valence-electron chi connectivity index (χ1n) is 6.32. The van der Waals surface area contributed by atoms with E-state index in [1.54, 1.807) is 6.07 Å². The molecule has 1 aromatic heterocycles. The number of hydrogen-bond acceptors (Lipinski definition) is 4. The van der Waals surface area contributed by atoms with Crippen LogP contribution in [0.2, 0.25) is 0 Å². The van der Waals surface area contributed by atoms with Gasteiger partial charge in [0.25, 0.3) is 5.56 Å². The van der Waals surface area contributed by atoms with Crippen LogP contribution in [-0.2, 0) is 6.54 Å². The molecule has 2 N–H and O–H groups in total. The Kier molecular flexibility index (Phi) is 4.70. The lowest BCUT2D eigenvalue weighted by Crippen LogP contribution is -2.35. The second-order valence-corrected chi connectivity index (χ2v) is 4.49. The van der Waals surface area contributed by atoms with Gasteiger partial charge < -0.3 is 10.2 Å². The summed E-state index contributed by atoms with van der Waals surface area (Å²) in [5.74, 6) is 0. The molecule has 0 atom stereocenters. The molecule has 0 aromatic carbocycles. The van der Waals surface area contributed by atoms with E-state index in [2.05, 4.69) is 20.4 Å². The fraction of sp³-hybridized carbons (Fsp3) is 0.667. The summed E-state index contributed by atoms with van der Waals surface area (Å²) in [7, 11) is 0. The summed E-state index contributed by atoms with van der Waals surface area (Å²) in [4.78, 5) is 13.3. The zero-order valence-corrected chi connectivity index (χ0v) is 10.1. The summed E-state index contributed by atoms with van der Waals surface area (Å²) < 4.78 is 0. The molecule has 1 aliphatic heterocycles. The molecule has 2 rings (SSSR count). The first-order valence-corrected chi connectivity index (χ1v) is 6.32. The van der Waals surface area contributed by atoms with Gasteiger partial charge in [0.05, 0.1) is 5.69 Å². The lowest BCUT2D eigenvalue weighted by Gasteiger charge is -2.26. The maximum absolute atomic E-state index is 10.8. The third-order valence-electron chi connectivity index (χ3n) is 3.10. The Morgan fingerprint density at radius 2 is 2.12 bits per heavy atom. The predicted molar refractivity (Wildman–Crippen MR) is 66.9 cm³/mol. The zero-order chi connectivity index (χ0) is 11.9. The van der Waals surface area contributed by atoms with E-state index in [0.29, 0.717) is 6.54 Å². The predicted octanol–water partition coefficient (Wildman–Crippen LogP) is 0.345. The Hall–Kier alpha value is -1.20. The van der Waals surface area contributed by atoms with Crippen LogP contribution in [0, 0.1) is 0 Å². The molecule has 0 amide bonds. The average Bonchev–Trinajstić information content (AvgIpc) is 2.38. The van der Waals surface area contributed by atoms with Crippen molar-refractivity contribution in [3.63, 3.8) is 0 Å². The van der Waals surface area contributed by atoms with Crippen molar-refractivity contribution in [1.82, 2.24) is 20.4 Å². The summed E-state index contributed by atoms with van der Waals surface area (Å²) >= 11 is 0. The van der Waals surface area contributed by atoms with Gasteiger partial charge in [-0.3, -0.25) is 4.79 Å². The minimum atomic E-state index is -0.151. The van der Waals surface area contributed by atoms with Crippen molar-refractivity contribution in [3.05, 3.63) is 28.2 Å². The Labute approximate surface area is 101 Å². The molecule has 0 saturated carbocycles. The van der Waals surface area contributed by atoms with Gasteiger partial charge in [-0.1, -0.05) is 6.42 Å². The van der Waals surface area contributed by atoms with Crippen molar-refractivity contribution in [2.45, 2.75) is 25.8 Å². The standard InChI is InChI=1S/C12H20N4O/c17-12-5-4-11(14-15-12)10-13-6-9-16-7-2-1-3-8-16/h4-5,13H,1-3,6-10H2,(H,15,17). The van der Waals surface area contributed by atoms with Crippen LogP contribution in [0.4, 0.5) is 0 Å². The van der Waals surface area contributed by atoms with Gasteiger partial charge in [-0.15, -0.1) is 0 Å². The number of hydrogen-bond donors (Lipinski definition) is 2. The van der Waals surface area contributed by atoms with Crippen molar-refractivity contribution in [2.24, 2.45) is 0 Å². The SMILES string of the molecule is O=c1ccc(CNCCN2CCCCC2)n[nH]1. The van der Waals surface area contributed by atoms with Crippen molar-refractivity contribution in [3.8, 4) is 0 Å². The topological polar surface area (TPSA) is 61.0 Å². The molecule has 5 nitrogen and oxygen atoms in total. The molecular weight excluding hydrogens is 216 g/mol. The number of H-pyrrole nitrogens is 1. The summed E-state index contributed by atoms with van der Waals surface area (Å²) in [5.41, 5.74) is 0.727. The molecule has 94 valence electrons. The summed E-state index contributed by atoms with van der Waals surface area (Å²) in [5, 5.41) is 9.73. The molecule has 5 heteroatoms. The smallest absolute Gasteiger partial charge is 0.264 e. The van der Waals surface area contributed by atoms with Crippen LogP contribution in [0.3, 0.4) is 0 Å². The van der Waals surface area contributed by atoms with Gasteiger partial charge in [0.2, 0.25) is 0 Å². The molecule has 2 heterocycles. The van der Waals surface area contributed by atoms with Crippen LogP contribution in [-0.4, -0.2) is 41.3 Å². The second kappa shape index (κ2) is 6.51. The van der Waals surface area contributed by atoms with E-state index >= 15 is 0 Å². The fourth-order valence-corrected chi connectivity index (χ4v) is 2.11. The highest BCUT2D eigenvalue weighted by molar-refractivity contribution is 4.98. The van der Waals surface area contributed by atoms with Crippen molar-refractivity contribution in [2.75, 3.05) is 26.2 Å². The van der Waals surface area contributed by atoms with Gasteiger partial charge in [0.15, 0.2) is 0 Å². The highest BCUT2D eigenvalue weighted by Crippen LogP contribution is 2.07. The first kappa shape index (κ1) is 12.3. The second-order valence-electron chi connectivity index (χ2n) is 4.49. The molecule has 0 bridgehead atoms. The molecule has 0 aliphatic carbocycles. The monoisotopic (exact) mass is 236 g/mol. The molecule has 1 aliphatic rings. The molecule has 1 aromatic rings. The third kappa shape index (κ3) is 4.28. The van der Waals surface area contributed by atoms with Crippen molar-refractivity contribution >= 4 is 0 Å². The Morgan fingerprint density at radius 1 is 1.29 bits per heavy atom. The van der Waals surface area contributed by atoms with Gasteiger partial charge in [0, 0.05) is 25.7 Å². The van der Waals surface area contributed by atoms with Crippen LogP contribution in [0.25, 0.3) is 0 Å². The quantitative estimate of drug-likeness (QED) is 0.724. The van der Waals surface area contributed by atoms with E-state index in [1.165, 1.54) is 38.4 Å². The highest BCUT2D eigenvalue weighted by atomic mass is 16.1. The van der Waals surface area contributed by atoms with Crippen LogP contribution >= 0.6 is 0 Å². The van der Waals surface area contributed by atoms with E-state index in [1.807, 2.05) is 0 Å². The Bertz CT molecular complexity index is 364. The highest BCUT2D eigenvalue weighted by Gasteiger charge is 2.08. The summed E-state index contributed by atoms with van der Waals surface area (Å²) in [6, 6.07) is 3.27. The molecule has 17 heavy (non-hydrogen) atoms. The maximum Gasteiger partial charge on any atom is 0.264 e. The minimum Gasteiger partial charge on any atom is -0.310 e. The van der Waals surface area contributed by atoms with Gasteiger partial charge >= 0.3 is 0 Å². The van der Waals surface area contributed by atoms with Gasteiger partial charge in [-0.25, -0.2) is 5.10 Å². The fourth-order valence-electron chi connectivity index (χ4n) is 2.11. The maximum atomic E-state index is 10.8. The van der Waals surface area contributed by atoms with Gasteiger partial charge in [-0.2, -0.15) is 5.10 Å². The van der Waals surface area contributed by atoms with Crippen molar-refractivity contribution in [1.29, 1.82) is 0 Å². The number of nitrogens with zero attached hydrogens (tertiary/aromatic N) is 2. The van der Waals surface area contributed by atoms with E-state index in [-0.39, 0.29) is 5.56 Å². The van der Waals surface area contributed by atoms with E-state index < -0.39 is 0 Å². The number of nitrogens with one attached hydrogen (secondary N) is 2. The number of piperidine rings is 1. The molecule has 0 unspecified atom stereocenters. The number of likely N-dealkylation sites (tertiary alicyclic amines) is 1. The lowest BCUT2D eigenvalue weighted by molar-refractivity contribution is 0.229. The first-order chi connectivity index (χ1) is 8.34. The largest absolute Gasteiger partial charge is 0.310 e. The van der Waals surface area contributed by atoms with Gasteiger partial charge in [0.1, 0.15) is 0 Å². The minimum absolute atomic E-state index is 0.151. The Morgan fingerprint density at radius 3 is 2.82 bits per heavy atom. The summed E-state index contributed by atoms with van der Waals surface area (Å²) in [6.07, 6.45) is 4.05. The van der Waals surface area contributed by atoms with Crippen LogP contribution in [0.15, 0.2) is 16.9 Å². The normalized spacial score (nSPS) is 17.2. The van der Waals surface area contributed by atoms with Gasteiger partial charge in [-0.05, 0) is 32.0 Å². The van der Waals surface area contributed by atoms with Crippen LogP contribution in [0.5, 0.6) is 0 Å². The molecule has 1 saturated heterocycles. The van der Waals surface area contributed by atoms with Crippen LogP contribution < -0.4 is 10.9 Å².